The summed E-state index contributed by atoms with van der Waals surface area (Å²) in [5.41, 5.74) is 4.57. The standard InChI is InChI=1S/C21H24F2N2O/c1-14-18-12-24-13-25(18)17(20(14)16-5-3-2-4-6-16)11-19(26)15-7-9-21(22,23)10-8-15/h2-6,12-13,15,17,19,26H,7-11H2,1H3. The molecule has 1 aromatic carbocycles. The molecule has 1 N–H and O–H groups in total. The Hall–Kier alpha value is -2.01. The van der Waals surface area contributed by atoms with Crippen molar-refractivity contribution in [1.82, 2.24) is 9.55 Å². The first-order chi connectivity index (χ1) is 12.5. The summed E-state index contributed by atoms with van der Waals surface area (Å²) in [7, 11) is 0. The fourth-order valence-corrected chi connectivity index (χ4v) is 4.50. The van der Waals surface area contributed by atoms with Gasteiger partial charge in [-0.3, -0.25) is 0 Å². The van der Waals surface area contributed by atoms with Gasteiger partial charge in [-0.25, -0.2) is 13.8 Å². The second kappa shape index (κ2) is 6.62. The van der Waals surface area contributed by atoms with Crippen molar-refractivity contribution in [2.45, 2.75) is 57.1 Å². The number of allylic oxidation sites excluding steroid dienone is 2. The molecule has 0 radical (unpaired) electrons. The first-order valence-electron chi connectivity index (χ1n) is 9.30. The van der Waals surface area contributed by atoms with Gasteiger partial charge in [0.1, 0.15) is 0 Å². The summed E-state index contributed by atoms with van der Waals surface area (Å²) in [5, 5.41) is 10.8. The van der Waals surface area contributed by atoms with Crippen LogP contribution in [0.15, 0.2) is 42.9 Å². The molecule has 2 aliphatic rings. The van der Waals surface area contributed by atoms with Crippen molar-refractivity contribution < 1.29 is 13.9 Å². The van der Waals surface area contributed by atoms with E-state index in [1.807, 2.05) is 24.4 Å². The Bertz CT molecular complexity index is 802. The summed E-state index contributed by atoms with van der Waals surface area (Å²) in [4.78, 5) is 4.26. The summed E-state index contributed by atoms with van der Waals surface area (Å²) in [6.45, 7) is 2.09. The Morgan fingerprint density at radius 3 is 2.62 bits per heavy atom. The van der Waals surface area contributed by atoms with E-state index in [-0.39, 0.29) is 24.8 Å². The lowest BCUT2D eigenvalue weighted by atomic mass is 9.80. The average Bonchev–Trinajstić information content (AvgIpc) is 3.19. The zero-order valence-corrected chi connectivity index (χ0v) is 14.9. The van der Waals surface area contributed by atoms with Crippen LogP contribution < -0.4 is 0 Å². The number of aromatic nitrogens is 2. The van der Waals surface area contributed by atoms with Crippen LogP contribution in [0.1, 0.15) is 56.3 Å². The number of imidazole rings is 1. The van der Waals surface area contributed by atoms with Gasteiger partial charge in [-0.2, -0.15) is 0 Å². The van der Waals surface area contributed by atoms with Gasteiger partial charge in [-0.1, -0.05) is 30.3 Å². The quantitative estimate of drug-likeness (QED) is 0.840. The van der Waals surface area contributed by atoms with Crippen LogP contribution in [-0.4, -0.2) is 26.7 Å². The van der Waals surface area contributed by atoms with Gasteiger partial charge in [0.2, 0.25) is 5.92 Å². The Morgan fingerprint density at radius 1 is 1.23 bits per heavy atom. The maximum absolute atomic E-state index is 13.4. The van der Waals surface area contributed by atoms with Crippen molar-refractivity contribution in [3.05, 3.63) is 54.1 Å². The number of hydrogen-bond acceptors (Lipinski definition) is 2. The molecule has 5 heteroatoms. The second-order valence-electron chi connectivity index (χ2n) is 7.60. The highest BCUT2D eigenvalue weighted by atomic mass is 19.3. The molecule has 1 aliphatic heterocycles. The number of aliphatic hydroxyl groups excluding tert-OH is 1. The predicted octanol–water partition coefficient (Wildman–Crippen LogP) is 4.95. The Morgan fingerprint density at radius 2 is 1.92 bits per heavy atom. The van der Waals surface area contributed by atoms with Gasteiger partial charge in [0.25, 0.3) is 0 Å². The average molecular weight is 358 g/mol. The van der Waals surface area contributed by atoms with Crippen LogP contribution in [0.3, 0.4) is 0 Å². The largest absolute Gasteiger partial charge is 0.393 e. The Labute approximate surface area is 152 Å². The molecule has 0 saturated heterocycles. The van der Waals surface area contributed by atoms with Gasteiger partial charge in [0.15, 0.2) is 0 Å². The highest BCUT2D eigenvalue weighted by molar-refractivity contribution is 5.93. The predicted molar refractivity (Wildman–Crippen MR) is 97.7 cm³/mol. The van der Waals surface area contributed by atoms with Gasteiger partial charge in [0.05, 0.1) is 30.4 Å². The van der Waals surface area contributed by atoms with Gasteiger partial charge in [-0.05, 0) is 48.8 Å². The molecule has 2 aromatic rings. The fourth-order valence-electron chi connectivity index (χ4n) is 4.50. The van der Waals surface area contributed by atoms with E-state index in [9.17, 15) is 13.9 Å². The molecule has 2 heterocycles. The van der Waals surface area contributed by atoms with Crippen molar-refractivity contribution >= 4 is 11.1 Å². The number of alkyl halides is 2. The van der Waals surface area contributed by atoms with Crippen LogP contribution in [0.4, 0.5) is 8.78 Å². The van der Waals surface area contributed by atoms with Crippen LogP contribution in [0.2, 0.25) is 0 Å². The summed E-state index contributed by atoms with van der Waals surface area (Å²) in [5.74, 6) is -2.62. The third kappa shape index (κ3) is 3.09. The minimum Gasteiger partial charge on any atom is -0.393 e. The zero-order chi connectivity index (χ0) is 18.3. The smallest absolute Gasteiger partial charge is 0.248 e. The number of rotatable bonds is 4. The SMILES string of the molecule is CC1=C(c2ccccc2)C(CC(O)C2CCC(F)(F)CC2)n2cncc21. The van der Waals surface area contributed by atoms with E-state index in [0.717, 1.165) is 11.3 Å². The summed E-state index contributed by atoms with van der Waals surface area (Å²) in [6, 6.07) is 10.2. The second-order valence-corrected chi connectivity index (χ2v) is 7.60. The van der Waals surface area contributed by atoms with E-state index >= 15 is 0 Å². The number of halogens is 2. The van der Waals surface area contributed by atoms with E-state index in [4.69, 9.17) is 0 Å². The monoisotopic (exact) mass is 358 g/mol. The lowest BCUT2D eigenvalue weighted by Gasteiger charge is -2.33. The summed E-state index contributed by atoms with van der Waals surface area (Å²) >= 11 is 0. The maximum atomic E-state index is 13.4. The summed E-state index contributed by atoms with van der Waals surface area (Å²) < 4.78 is 29.0. The number of benzene rings is 1. The minimum absolute atomic E-state index is 0.00710. The molecule has 0 amide bonds. The third-order valence-corrected chi connectivity index (χ3v) is 5.98. The van der Waals surface area contributed by atoms with Crippen LogP contribution in [0.5, 0.6) is 0 Å². The van der Waals surface area contributed by atoms with E-state index in [0.29, 0.717) is 19.3 Å². The van der Waals surface area contributed by atoms with Crippen LogP contribution in [-0.2, 0) is 0 Å². The zero-order valence-electron chi connectivity index (χ0n) is 14.9. The van der Waals surface area contributed by atoms with E-state index in [2.05, 4.69) is 28.6 Å². The third-order valence-electron chi connectivity index (χ3n) is 5.98. The normalized spacial score (nSPS) is 23.9. The molecule has 26 heavy (non-hydrogen) atoms. The molecule has 3 nitrogen and oxygen atoms in total. The van der Waals surface area contributed by atoms with Crippen LogP contribution in [0.25, 0.3) is 11.1 Å². The first-order valence-corrected chi connectivity index (χ1v) is 9.30. The molecule has 1 aromatic heterocycles. The van der Waals surface area contributed by atoms with E-state index in [1.165, 1.54) is 11.1 Å². The lowest BCUT2D eigenvalue weighted by molar-refractivity contribution is -0.0637. The first kappa shape index (κ1) is 17.4. The van der Waals surface area contributed by atoms with Crippen molar-refractivity contribution in [3.63, 3.8) is 0 Å². The molecule has 0 spiro atoms. The summed E-state index contributed by atoms with van der Waals surface area (Å²) in [6.07, 6.45) is 4.15. The van der Waals surface area contributed by atoms with Crippen molar-refractivity contribution in [3.8, 4) is 0 Å². The molecule has 2 atom stereocenters. The molecule has 1 aliphatic carbocycles. The maximum Gasteiger partial charge on any atom is 0.248 e. The molecular weight excluding hydrogens is 334 g/mol. The number of aliphatic hydroxyl groups is 1. The van der Waals surface area contributed by atoms with Gasteiger partial charge in [0, 0.05) is 12.8 Å². The van der Waals surface area contributed by atoms with Crippen LogP contribution in [0, 0.1) is 5.92 Å². The lowest BCUT2D eigenvalue weighted by Crippen LogP contribution is -2.32. The Balaban J connectivity index is 1.58. The van der Waals surface area contributed by atoms with Crippen molar-refractivity contribution in [2.24, 2.45) is 5.92 Å². The fraction of sp³-hybridized carbons (Fsp3) is 0.476. The van der Waals surface area contributed by atoms with Crippen LogP contribution >= 0.6 is 0 Å². The van der Waals surface area contributed by atoms with Gasteiger partial charge in [-0.15, -0.1) is 0 Å². The van der Waals surface area contributed by atoms with E-state index in [1.54, 1.807) is 6.33 Å². The molecular formula is C21H24F2N2O. The molecule has 138 valence electrons. The number of fused-ring (bicyclic) bond motifs is 1. The Kier molecular flexibility index (Phi) is 4.43. The molecule has 1 saturated carbocycles. The number of nitrogens with zero attached hydrogens (tertiary/aromatic N) is 2. The van der Waals surface area contributed by atoms with Gasteiger partial charge >= 0.3 is 0 Å². The molecule has 1 fully saturated rings. The molecule has 4 rings (SSSR count). The van der Waals surface area contributed by atoms with Crippen molar-refractivity contribution in [1.29, 1.82) is 0 Å². The molecule has 0 bridgehead atoms. The minimum atomic E-state index is -2.56. The topological polar surface area (TPSA) is 38.0 Å². The number of hydrogen-bond donors (Lipinski definition) is 1. The van der Waals surface area contributed by atoms with E-state index < -0.39 is 12.0 Å². The molecule has 2 unspecified atom stereocenters. The highest BCUT2D eigenvalue weighted by Gasteiger charge is 2.39. The highest BCUT2D eigenvalue weighted by Crippen LogP contribution is 2.46. The van der Waals surface area contributed by atoms with Gasteiger partial charge < -0.3 is 9.67 Å². The van der Waals surface area contributed by atoms with Crippen molar-refractivity contribution in [2.75, 3.05) is 0 Å².